The van der Waals surface area contributed by atoms with Crippen molar-refractivity contribution < 1.29 is 23.0 Å². The molecule has 2 aromatic rings. The van der Waals surface area contributed by atoms with Crippen molar-refractivity contribution in [2.24, 2.45) is 0 Å². The second-order valence-corrected chi connectivity index (χ2v) is 7.20. The van der Waals surface area contributed by atoms with Crippen molar-refractivity contribution in [3.8, 4) is 11.4 Å². The Morgan fingerprint density at radius 3 is 2.85 bits per heavy atom. The number of aliphatic hydroxyl groups excluding tert-OH is 1. The molecule has 0 amide bonds. The van der Waals surface area contributed by atoms with E-state index < -0.39 is 11.7 Å². The summed E-state index contributed by atoms with van der Waals surface area (Å²) in [7, 11) is 0. The van der Waals surface area contributed by atoms with E-state index in [1.807, 2.05) is 10.8 Å². The number of alkyl halides is 3. The average Bonchev–Trinajstić information content (AvgIpc) is 3.27. The van der Waals surface area contributed by atoms with Gasteiger partial charge in [0.1, 0.15) is 5.82 Å². The topological polar surface area (TPSA) is 50.5 Å². The minimum atomic E-state index is -4.37. The van der Waals surface area contributed by atoms with Crippen molar-refractivity contribution in [3.05, 3.63) is 42.2 Å². The van der Waals surface area contributed by atoms with Crippen LogP contribution in [0.4, 0.5) is 13.2 Å². The monoisotopic (exact) mass is 381 g/mol. The molecule has 5 nitrogen and oxygen atoms in total. The van der Waals surface area contributed by atoms with Gasteiger partial charge in [-0.05, 0) is 25.0 Å². The van der Waals surface area contributed by atoms with Gasteiger partial charge in [-0.2, -0.15) is 13.2 Å². The van der Waals surface area contributed by atoms with Crippen molar-refractivity contribution in [1.82, 2.24) is 14.5 Å². The summed E-state index contributed by atoms with van der Waals surface area (Å²) in [5.41, 5.74) is -0.201. The van der Waals surface area contributed by atoms with Gasteiger partial charge in [0, 0.05) is 49.7 Å². The number of benzene rings is 1. The molecule has 0 spiro atoms. The van der Waals surface area contributed by atoms with Gasteiger partial charge in [0.25, 0.3) is 0 Å². The molecule has 2 fully saturated rings. The van der Waals surface area contributed by atoms with E-state index in [0.717, 1.165) is 31.6 Å². The number of aliphatic hydroxyl groups is 1. The maximum absolute atomic E-state index is 13.0. The normalized spacial score (nSPS) is 26.3. The van der Waals surface area contributed by atoms with Gasteiger partial charge in [-0.3, -0.25) is 4.90 Å². The average molecular weight is 381 g/mol. The zero-order valence-electron chi connectivity index (χ0n) is 14.8. The van der Waals surface area contributed by atoms with Crippen LogP contribution in [0.5, 0.6) is 0 Å². The Balaban J connectivity index is 1.55. The van der Waals surface area contributed by atoms with E-state index in [1.165, 1.54) is 6.07 Å². The van der Waals surface area contributed by atoms with Crippen LogP contribution in [-0.2, 0) is 10.9 Å². The maximum Gasteiger partial charge on any atom is 0.416 e. The molecule has 2 aliphatic rings. The summed E-state index contributed by atoms with van der Waals surface area (Å²) in [5, 5.41) is 9.11. The molecule has 2 aliphatic heterocycles. The summed E-state index contributed by atoms with van der Waals surface area (Å²) >= 11 is 0. The molecule has 1 aromatic heterocycles. The summed E-state index contributed by atoms with van der Waals surface area (Å²) in [5.74, 6) is 0.554. The number of hydrogen-bond donors (Lipinski definition) is 1. The van der Waals surface area contributed by atoms with E-state index in [-0.39, 0.29) is 18.8 Å². The van der Waals surface area contributed by atoms with Crippen LogP contribution >= 0.6 is 0 Å². The zero-order chi connectivity index (χ0) is 19.0. The predicted octanol–water partition coefficient (Wildman–Crippen LogP) is 2.97. The first-order valence-corrected chi connectivity index (χ1v) is 9.12. The molecule has 0 aliphatic carbocycles. The van der Waals surface area contributed by atoms with Crippen LogP contribution in [0.25, 0.3) is 11.4 Å². The van der Waals surface area contributed by atoms with Crippen LogP contribution in [0.2, 0.25) is 0 Å². The standard InChI is InChI=1S/C19H22F3N3O2/c20-19(21,22)14-3-1-2-13(8-14)18-23-5-6-25(18)15-9-16-12-27-17(4-7-26)11-24(16)10-15/h1-3,5-6,8,15-17,26H,4,7,9-12H2/t15-,16-,17-/m0/s1. The van der Waals surface area contributed by atoms with Crippen molar-refractivity contribution in [1.29, 1.82) is 0 Å². The lowest BCUT2D eigenvalue weighted by molar-refractivity contribution is -0.137. The third-order valence-corrected chi connectivity index (χ3v) is 5.43. The van der Waals surface area contributed by atoms with Gasteiger partial charge in [-0.1, -0.05) is 12.1 Å². The molecule has 0 unspecified atom stereocenters. The molecule has 27 heavy (non-hydrogen) atoms. The Kier molecular flexibility index (Phi) is 4.96. The van der Waals surface area contributed by atoms with Gasteiger partial charge in [0.15, 0.2) is 0 Å². The Labute approximate surface area is 155 Å². The van der Waals surface area contributed by atoms with Crippen LogP contribution in [0, 0.1) is 0 Å². The van der Waals surface area contributed by atoms with Crippen LogP contribution in [-0.4, -0.2) is 58.0 Å². The minimum Gasteiger partial charge on any atom is -0.396 e. The van der Waals surface area contributed by atoms with Gasteiger partial charge < -0.3 is 14.4 Å². The third kappa shape index (κ3) is 3.74. The molecule has 1 N–H and O–H groups in total. The van der Waals surface area contributed by atoms with E-state index in [9.17, 15) is 13.2 Å². The molecule has 0 saturated carbocycles. The number of morpholine rings is 1. The Hall–Kier alpha value is -1.90. The SMILES string of the molecule is OCC[C@H]1CN2C[C@@H](n3ccnc3-c3cccc(C(F)(F)F)c3)C[C@H]2CO1. The van der Waals surface area contributed by atoms with Gasteiger partial charge >= 0.3 is 6.18 Å². The fourth-order valence-corrected chi connectivity index (χ4v) is 4.10. The first-order chi connectivity index (χ1) is 13.0. The van der Waals surface area contributed by atoms with Gasteiger partial charge in [-0.15, -0.1) is 0 Å². The fourth-order valence-electron chi connectivity index (χ4n) is 4.10. The first-order valence-electron chi connectivity index (χ1n) is 9.12. The largest absolute Gasteiger partial charge is 0.416 e. The molecule has 3 atom stereocenters. The molecular weight excluding hydrogens is 359 g/mol. The molecule has 1 aromatic carbocycles. The number of halogens is 3. The summed E-state index contributed by atoms with van der Waals surface area (Å²) in [6.45, 7) is 2.30. The lowest BCUT2D eigenvalue weighted by Gasteiger charge is -2.34. The van der Waals surface area contributed by atoms with Gasteiger partial charge in [-0.25, -0.2) is 4.98 Å². The molecule has 0 bridgehead atoms. The summed E-state index contributed by atoms with van der Waals surface area (Å²) in [6, 6.07) is 5.74. The zero-order valence-corrected chi connectivity index (χ0v) is 14.8. The van der Waals surface area contributed by atoms with E-state index in [4.69, 9.17) is 9.84 Å². The molecule has 2 saturated heterocycles. The van der Waals surface area contributed by atoms with E-state index in [0.29, 0.717) is 30.5 Å². The lowest BCUT2D eigenvalue weighted by Crippen LogP contribution is -2.46. The number of hydrogen-bond acceptors (Lipinski definition) is 4. The first kappa shape index (κ1) is 18.5. The molecule has 4 rings (SSSR count). The number of rotatable bonds is 4. The summed E-state index contributed by atoms with van der Waals surface area (Å²) in [6.07, 6.45) is 0.627. The quantitative estimate of drug-likeness (QED) is 0.885. The highest BCUT2D eigenvalue weighted by Gasteiger charge is 2.38. The molecule has 3 heterocycles. The second kappa shape index (κ2) is 7.26. The minimum absolute atomic E-state index is 0.0377. The van der Waals surface area contributed by atoms with E-state index >= 15 is 0 Å². The van der Waals surface area contributed by atoms with E-state index in [2.05, 4.69) is 9.88 Å². The maximum atomic E-state index is 13.0. The number of fused-ring (bicyclic) bond motifs is 1. The second-order valence-electron chi connectivity index (χ2n) is 7.20. The van der Waals surface area contributed by atoms with E-state index in [1.54, 1.807) is 12.3 Å². The number of imidazole rings is 1. The number of aromatic nitrogens is 2. The fraction of sp³-hybridized carbons (Fsp3) is 0.526. The van der Waals surface area contributed by atoms with Crippen LogP contribution in [0.3, 0.4) is 0 Å². The summed E-state index contributed by atoms with van der Waals surface area (Å²) < 4.78 is 46.9. The van der Waals surface area contributed by atoms with Crippen LogP contribution in [0.1, 0.15) is 24.4 Å². The highest BCUT2D eigenvalue weighted by atomic mass is 19.4. The van der Waals surface area contributed by atoms with Crippen LogP contribution < -0.4 is 0 Å². The predicted molar refractivity (Wildman–Crippen MR) is 93.1 cm³/mol. The summed E-state index contributed by atoms with van der Waals surface area (Å²) in [4.78, 5) is 6.68. The Morgan fingerprint density at radius 2 is 2.07 bits per heavy atom. The van der Waals surface area contributed by atoms with Gasteiger partial charge in [0.2, 0.25) is 0 Å². The molecule has 0 radical (unpaired) electrons. The third-order valence-electron chi connectivity index (χ3n) is 5.43. The highest BCUT2D eigenvalue weighted by molar-refractivity contribution is 5.57. The highest BCUT2D eigenvalue weighted by Crippen LogP contribution is 2.35. The Bertz CT molecular complexity index is 793. The smallest absolute Gasteiger partial charge is 0.396 e. The molecular formula is C19H22F3N3O2. The Morgan fingerprint density at radius 1 is 1.22 bits per heavy atom. The number of ether oxygens (including phenoxy) is 1. The number of nitrogens with zero attached hydrogens (tertiary/aromatic N) is 3. The van der Waals surface area contributed by atoms with Crippen molar-refractivity contribution in [2.75, 3.05) is 26.3 Å². The molecule has 8 heteroatoms. The van der Waals surface area contributed by atoms with Crippen molar-refractivity contribution in [2.45, 2.75) is 37.2 Å². The van der Waals surface area contributed by atoms with Crippen LogP contribution in [0.15, 0.2) is 36.7 Å². The van der Waals surface area contributed by atoms with Gasteiger partial charge in [0.05, 0.1) is 18.3 Å². The molecule has 146 valence electrons. The van der Waals surface area contributed by atoms with Crippen molar-refractivity contribution in [3.63, 3.8) is 0 Å². The van der Waals surface area contributed by atoms with Crippen molar-refractivity contribution >= 4 is 0 Å². The lowest BCUT2D eigenvalue weighted by atomic mass is 10.1.